The number of carbonyl (C=O) groups is 2. The van der Waals surface area contributed by atoms with Gasteiger partial charge in [0.2, 0.25) is 0 Å². The fraction of sp³-hybridized carbons (Fsp3) is 0.353. The molecule has 1 unspecified atom stereocenters. The Bertz CT molecular complexity index is 725. The summed E-state index contributed by atoms with van der Waals surface area (Å²) < 4.78 is 10.3. The highest BCUT2D eigenvalue weighted by Crippen LogP contribution is 2.36. The molecule has 0 aliphatic carbocycles. The van der Waals surface area contributed by atoms with E-state index in [4.69, 9.17) is 16.3 Å². The molecule has 7 heteroatoms. The van der Waals surface area contributed by atoms with Gasteiger partial charge in [0.1, 0.15) is 5.69 Å². The van der Waals surface area contributed by atoms with Gasteiger partial charge in [-0.2, -0.15) is 0 Å². The van der Waals surface area contributed by atoms with E-state index in [1.165, 1.54) is 7.11 Å². The third-order valence-corrected chi connectivity index (χ3v) is 3.68. The number of nitrogens with zero attached hydrogens (tertiary/aromatic N) is 2. The molecule has 24 heavy (non-hydrogen) atoms. The Morgan fingerprint density at radius 1 is 1.42 bits per heavy atom. The van der Waals surface area contributed by atoms with E-state index >= 15 is 0 Å². The highest BCUT2D eigenvalue weighted by atomic mass is 35.5. The third-order valence-electron chi connectivity index (χ3n) is 3.41. The molecule has 0 N–H and O–H groups in total. The number of ketones is 1. The lowest BCUT2D eigenvalue weighted by molar-refractivity contribution is -0.141. The summed E-state index contributed by atoms with van der Waals surface area (Å²) in [6.07, 6.45) is 1.73. The summed E-state index contributed by atoms with van der Waals surface area (Å²) in [6.45, 7) is 1.69. The number of allylic oxidation sites excluding steroid dienone is 1. The van der Waals surface area contributed by atoms with Crippen LogP contribution < -0.4 is 4.74 Å². The van der Waals surface area contributed by atoms with Crippen LogP contribution in [0.1, 0.15) is 23.7 Å². The largest absolute Gasteiger partial charge is 0.469 e. The number of ether oxygens (including phenoxy) is 2. The summed E-state index contributed by atoms with van der Waals surface area (Å²) >= 11 is 6.09. The van der Waals surface area contributed by atoms with Crippen molar-refractivity contribution in [2.75, 3.05) is 21.2 Å². The standard InChI is InChI=1S/C17H19ClN2O4/c1-10(7-15(21)23-4)16(22)11-5-6-12-13(8-11)24-14(9-20(2)3)17(18)19-12/h5-6,8-10H,7H2,1-4H3. The van der Waals surface area contributed by atoms with Crippen molar-refractivity contribution in [1.29, 1.82) is 0 Å². The van der Waals surface area contributed by atoms with Crippen LogP contribution >= 0.6 is 11.6 Å². The van der Waals surface area contributed by atoms with Crippen molar-refractivity contribution in [2.45, 2.75) is 13.3 Å². The first-order valence-corrected chi connectivity index (χ1v) is 7.75. The predicted molar refractivity (Wildman–Crippen MR) is 91.9 cm³/mol. The van der Waals surface area contributed by atoms with Gasteiger partial charge in [0.15, 0.2) is 22.5 Å². The summed E-state index contributed by atoms with van der Waals surface area (Å²) in [5, 5.41) is 0.245. The Kier molecular flexibility index (Phi) is 5.62. The number of aliphatic imine (C=N–C) groups is 1. The van der Waals surface area contributed by atoms with Crippen molar-refractivity contribution in [1.82, 2.24) is 4.90 Å². The Morgan fingerprint density at radius 2 is 2.12 bits per heavy atom. The smallest absolute Gasteiger partial charge is 0.306 e. The van der Waals surface area contributed by atoms with Crippen LogP contribution in [0, 0.1) is 5.92 Å². The minimum atomic E-state index is -0.483. The molecule has 0 fully saturated rings. The van der Waals surface area contributed by atoms with E-state index in [-0.39, 0.29) is 17.4 Å². The zero-order valence-electron chi connectivity index (χ0n) is 14.0. The van der Waals surface area contributed by atoms with Gasteiger partial charge >= 0.3 is 5.97 Å². The van der Waals surface area contributed by atoms with E-state index < -0.39 is 11.9 Å². The van der Waals surface area contributed by atoms with Gasteiger partial charge in [-0.3, -0.25) is 9.59 Å². The topological polar surface area (TPSA) is 68.2 Å². The van der Waals surface area contributed by atoms with Crippen molar-refractivity contribution >= 4 is 34.2 Å². The maximum absolute atomic E-state index is 12.5. The minimum Gasteiger partial charge on any atom is -0.469 e. The Labute approximate surface area is 145 Å². The van der Waals surface area contributed by atoms with Crippen molar-refractivity contribution in [3.05, 3.63) is 35.7 Å². The van der Waals surface area contributed by atoms with Crippen LogP contribution in [0.2, 0.25) is 0 Å². The quantitative estimate of drug-likeness (QED) is 0.602. The van der Waals surface area contributed by atoms with Crippen LogP contribution in [0.15, 0.2) is 35.2 Å². The van der Waals surface area contributed by atoms with Crippen LogP contribution in [-0.4, -0.2) is 43.0 Å². The Balaban J connectivity index is 2.26. The minimum absolute atomic E-state index is 0.0308. The fourth-order valence-corrected chi connectivity index (χ4v) is 2.37. The second-order valence-corrected chi connectivity index (χ2v) is 6.05. The maximum atomic E-state index is 12.5. The molecule has 0 aromatic heterocycles. The molecule has 0 radical (unpaired) electrons. The summed E-state index contributed by atoms with van der Waals surface area (Å²) in [4.78, 5) is 29.8. The molecular formula is C17H19ClN2O4. The van der Waals surface area contributed by atoms with Crippen molar-refractivity contribution < 1.29 is 19.1 Å². The van der Waals surface area contributed by atoms with Gasteiger partial charge in [-0.1, -0.05) is 18.5 Å². The molecule has 0 saturated heterocycles. The molecule has 1 heterocycles. The molecule has 128 valence electrons. The average molecular weight is 351 g/mol. The number of hydrogen-bond acceptors (Lipinski definition) is 6. The van der Waals surface area contributed by atoms with Crippen molar-refractivity contribution in [2.24, 2.45) is 10.9 Å². The number of halogens is 1. The van der Waals surface area contributed by atoms with Gasteiger partial charge in [-0.15, -0.1) is 0 Å². The molecule has 1 aliphatic rings. The number of methoxy groups -OCH3 is 1. The normalized spacial score (nSPS) is 15.9. The molecular weight excluding hydrogens is 332 g/mol. The summed E-state index contributed by atoms with van der Waals surface area (Å²) in [5.74, 6) is -0.212. The van der Waals surface area contributed by atoms with E-state index in [0.717, 1.165) is 0 Å². The molecule has 0 amide bonds. The summed E-state index contributed by atoms with van der Waals surface area (Å²) in [5.41, 5.74) is 0.996. The lowest BCUT2D eigenvalue weighted by atomic mass is 9.96. The molecule has 2 rings (SSSR count). The predicted octanol–water partition coefficient (Wildman–Crippen LogP) is 3.13. The molecule has 1 atom stereocenters. The number of Topliss-reactive ketones (excluding diaryl/α,β-unsaturated/α-hetero) is 1. The number of hydrogen-bond donors (Lipinski definition) is 0. The molecule has 0 saturated carbocycles. The molecule has 1 aromatic rings. The molecule has 1 aromatic carbocycles. The van der Waals surface area contributed by atoms with Gasteiger partial charge in [0, 0.05) is 31.8 Å². The van der Waals surface area contributed by atoms with E-state index in [0.29, 0.717) is 22.8 Å². The molecule has 0 spiro atoms. The second-order valence-electron chi connectivity index (χ2n) is 5.69. The number of carbonyl (C=O) groups excluding carboxylic acids is 2. The number of esters is 1. The highest BCUT2D eigenvalue weighted by Gasteiger charge is 2.23. The van der Waals surface area contributed by atoms with Gasteiger partial charge in [0.25, 0.3) is 0 Å². The Morgan fingerprint density at radius 3 is 2.75 bits per heavy atom. The third kappa shape index (κ3) is 4.14. The van der Waals surface area contributed by atoms with Crippen LogP contribution in [0.3, 0.4) is 0 Å². The summed E-state index contributed by atoms with van der Waals surface area (Å²) in [7, 11) is 4.97. The van der Waals surface area contributed by atoms with Gasteiger partial charge in [0.05, 0.1) is 13.5 Å². The average Bonchev–Trinajstić information content (AvgIpc) is 2.53. The van der Waals surface area contributed by atoms with Crippen molar-refractivity contribution in [3.63, 3.8) is 0 Å². The number of fused-ring (bicyclic) bond motifs is 1. The van der Waals surface area contributed by atoms with Crippen molar-refractivity contribution in [3.8, 4) is 5.75 Å². The van der Waals surface area contributed by atoms with E-state index in [2.05, 4.69) is 9.73 Å². The monoisotopic (exact) mass is 350 g/mol. The van der Waals surface area contributed by atoms with E-state index in [1.807, 2.05) is 14.1 Å². The van der Waals surface area contributed by atoms with Gasteiger partial charge in [-0.25, -0.2) is 4.99 Å². The number of benzene rings is 1. The number of rotatable bonds is 5. The second kappa shape index (κ2) is 7.49. The SMILES string of the molecule is COC(=O)CC(C)C(=O)c1ccc2c(c1)OC(=CN(C)C)C(Cl)=N2. The Hall–Kier alpha value is -2.34. The zero-order valence-corrected chi connectivity index (χ0v) is 14.8. The van der Waals surface area contributed by atoms with Crippen LogP contribution in [-0.2, 0) is 9.53 Å². The van der Waals surface area contributed by atoms with Crippen LogP contribution in [0.25, 0.3) is 0 Å². The van der Waals surface area contributed by atoms with Crippen LogP contribution in [0.4, 0.5) is 5.69 Å². The molecule has 0 bridgehead atoms. The van der Waals surface area contributed by atoms with E-state index in [9.17, 15) is 9.59 Å². The van der Waals surface area contributed by atoms with Gasteiger partial charge in [-0.05, 0) is 18.2 Å². The first-order chi connectivity index (χ1) is 11.3. The van der Waals surface area contributed by atoms with E-state index in [1.54, 1.807) is 36.2 Å². The van der Waals surface area contributed by atoms with Crippen LogP contribution in [0.5, 0.6) is 5.75 Å². The highest BCUT2D eigenvalue weighted by molar-refractivity contribution is 6.69. The lowest BCUT2D eigenvalue weighted by Gasteiger charge is -2.19. The molecule has 6 nitrogen and oxygen atoms in total. The molecule has 1 aliphatic heterocycles. The first kappa shape index (κ1) is 18.0. The summed E-state index contributed by atoms with van der Waals surface area (Å²) in [6, 6.07) is 4.93. The maximum Gasteiger partial charge on any atom is 0.306 e. The first-order valence-electron chi connectivity index (χ1n) is 7.37. The zero-order chi connectivity index (χ0) is 17.9. The lowest BCUT2D eigenvalue weighted by Crippen LogP contribution is -2.17. The van der Waals surface area contributed by atoms with Gasteiger partial charge < -0.3 is 14.4 Å². The fourth-order valence-electron chi connectivity index (χ4n) is 2.19.